The molecule has 9 N–H and O–H groups in total. The maximum absolute atomic E-state index is 12.7. The fourth-order valence-corrected chi connectivity index (χ4v) is 3.35. The van der Waals surface area contributed by atoms with Crippen LogP contribution in [0, 0.1) is 0 Å². The monoisotopic (exact) mass is 514 g/mol. The largest absolute Gasteiger partial charge is 0.508 e. The fraction of sp³-hybridized carbons (Fsp3) is 0.476. The van der Waals surface area contributed by atoms with Crippen molar-refractivity contribution in [3.05, 3.63) is 29.8 Å². The number of aliphatic hydroxyl groups is 1. The lowest BCUT2D eigenvalue weighted by Gasteiger charge is -2.24. The van der Waals surface area contributed by atoms with Crippen LogP contribution in [0.2, 0.25) is 0 Å². The number of hydrogen-bond acceptors (Lipinski definition) is 9. The van der Waals surface area contributed by atoms with Gasteiger partial charge in [-0.2, -0.15) is 11.8 Å². The van der Waals surface area contributed by atoms with Gasteiger partial charge >= 0.3 is 11.9 Å². The minimum absolute atomic E-state index is 0.0430. The third-order valence-electron chi connectivity index (χ3n) is 4.78. The number of hydrogen-bond donors (Lipinski definition) is 8. The lowest BCUT2D eigenvalue weighted by Crippen LogP contribution is -2.58. The number of phenolic OH excluding ortho intramolecular Hbond substituents is 1. The first-order chi connectivity index (χ1) is 16.5. The number of carbonyl (C=O) groups is 5. The second-order valence-corrected chi connectivity index (χ2v) is 8.55. The Morgan fingerprint density at radius 3 is 1.97 bits per heavy atom. The molecule has 0 heterocycles. The van der Waals surface area contributed by atoms with Gasteiger partial charge in [0.15, 0.2) is 0 Å². The molecular weight excluding hydrogens is 484 g/mol. The number of aliphatic hydroxyl groups excluding tert-OH is 1. The van der Waals surface area contributed by atoms with E-state index in [2.05, 4.69) is 16.0 Å². The van der Waals surface area contributed by atoms with Gasteiger partial charge in [-0.1, -0.05) is 12.1 Å². The van der Waals surface area contributed by atoms with Gasteiger partial charge in [-0.25, -0.2) is 4.79 Å². The molecule has 1 rings (SSSR count). The third-order valence-corrected chi connectivity index (χ3v) is 5.43. The van der Waals surface area contributed by atoms with E-state index in [1.165, 1.54) is 23.9 Å². The van der Waals surface area contributed by atoms with Crippen molar-refractivity contribution in [3.8, 4) is 5.75 Å². The van der Waals surface area contributed by atoms with Crippen molar-refractivity contribution in [1.82, 2.24) is 16.0 Å². The molecule has 4 unspecified atom stereocenters. The molecule has 3 amide bonds. The molecule has 0 bridgehead atoms. The van der Waals surface area contributed by atoms with E-state index in [0.29, 0.717) is 11.3 Å². The zero-order valence-corrected chi connectivity index (χ0v) is 19.8. The minimum Gasteiger partial charge on any atom is -0.508 e. The normalized spacial score (nSPS) is 14.1. The summed E-state index contributed by atoms with van der Waals surface area (Å²) in [5, 5.41) is 43.6. The summed E-state index contributed by atoms with van der Waals surface area (Å²) in [6.45, 7) is -0.808. The van der Waals surface area contributed by atoms with Crippen molar-refractivity contribution in [2.24, 2.45) is 5.73 Å². The van der Waals surface area contributed by atoms with E-state index in [-0.39, 0.29) is 18.6 Å². The number of aromatic hydroxyl groups is 1. The van der Waals surface area contributed by atoms with Crippen LogP contribution in [0.1, 0.15) is 18.4 Å². The molecule has 0 fully saturated rings. The van der Waals surface area contributed by atoms with Gasteiger partial charge in [0.2, 0.25) is 17.7 Å². The number of thioether (sulfide) groups is 1. The van der Waals surface area contributed by atoms with Crippen LogP contribution in [-0.4, -0.2) is 92.9 Å². The van der Waals surface area contributed by atoms with Crippen LogP contribution in [-0.2, 0) is 30.4 Å². The summed E-state index contributed by atoms with van der Waals surface area (Å²) in [7, 11) is 0. The highest BCUT2D eigenvalue weighted by molar-refractivity contribution is 7.98. The van der Waals surface area contributed by atoms with Crippen molar-refractivity contribution in [3.63, 3.8) is 0 Å². The number of carbonyl (C=O) groups excluding carboxylic acids is 3. The van der Waals surface area contributed by atoms with Crippen LogP contribution >= 0.6 is 11.8 Å². The maximum Gasteiger partial charge on any atom is 0.326 e. The molecule has 0 aromatic heterocycles. The van der Waals surface area contributed by atoms with E-state index in [1.807, 2.05) is 0 Å². The Morgan fingerprint density at radius 1 is 0.914 bits per heavy atom. The fourth-order valence-electron chi connectivity index (χ4n) is 2.88. The molecule has 1 aromatic rings. The lowest BCUT2D eigenvalue weighted by molar-refractivity contribution is -0.147. The zero-order chi connectivity index (χ0) is 26.5. The SMILES string of the molecule is CSCCC(NC(=O)C(CO)NC(=O)C(N)Cc1ccc(O)cc1)C(=O)NC(CC(=O)O)C(=O)O. The van der Waals surface area contributed by atoms with Crippen molar-refractivity contribution in [2.45, 2.75) is 43.4 Å². The third kappa shape index (κ3) is 10.6. The first-order valence-corrected chi connectivity index (χ1v) is 11.9. The van der Waals surface area contributed by atoms with Gasteiger partial charge < -0.3 is 42.1 Å². The molecule has 194 valence electrons. The number of benzene rings is 1. The van der Waals surface area contributed by atoms with E-state index in [0.717, 1.165) is 0 Å². The second kappa shape index (κ2) is 14.8. The molecule has 0 spiro atoms. The first-order valence-electron chi connectivity index (χ1n) is 10.5. The number of carboxylic acids is 2. The van der Waals surface area contributed by atoms with Gasteiger partial charge in [-0.3, -0.25) is 19.2 Å². The smallest absolute Gasteiger partial charge is 0.326 e. The molecule has 0 radical (unpaired) electrons. The highest BCUT2D eigenvalue weighted by Crippen LogP contribution is 2.11. The molecule has 0 saturated heterocycles. The van der Waals surface area contributed by atoms with Crippen LogP contribution in [0.25, 0.3) is 0 Å². The van der Waals surface area contributed by atoms with Gasteiger partial charge in [0.05, 0.1) is 19.1 Å². The Hall–Kier alpha value is -3.36. The minimum atomic E-state index is -1.71. The van der Waals surface area contributed by atoms with Crippen molar-refractivity contribution >= 4 is 41.4 Å². The Morgan fingerprint density at radius 2 is 1.46 bits per heavy atom. The molecule has 0 saturated carbocycles. The molecule has 0 aliphatic carbocycles. The number of nitrogens with two attached hydrogens (primary N) is 1. The highest BCUT2D eigenvalue weighted by Gasteiger charge is 2.30. The average Bonchev–Trinajstić information content (AvgIpc) is 2.80. The zero-order valence-electron chi connectivity index (χ0n) is 19.0. The topological polar surface area (TPSA) is 228 Å². The summed E-state index contributed by atoms with van der Waals surface area (Å²) < 4.78 is 0. The average molecular weight is 515 g/mol. The van der Waals surface area contributed by atoms with Crippen LogP contribution in [0.5, 0.6) is 5.75 Å². The molecule has 35 heavy (non-hydrogen) atoms. The van der Waals surface area contributed by atoms with Crippen molar-refractivity contribution in [1.29, 1.82) is 0 Å². The number of rotatable bonds is 15. The van der Waals surface area contributed by atoms with E-state index in [1.54, 1.807) is 18.4 Å². The van der Waals surface area contributed by atoms with Crippen LogP contribution in [0.4, 0.5) is 0 Å². The number of nitrogens with one attached hydrogen (secondary N) is 3. The van der Waals surface area contributed by atoms with E-state index < -0.39 is 66.9 Å². The van der Waals surface area contributed by atoms with E-state index in [4.69, 9.17) is 15.9 Å². The molecule has 0 aliphatic rings. The van der Waals surface area contributed by atoms with Crippen molar-refractivity contribution in [2.75, 3.05) is 18.6 Å². The molecule has 14 heteroatoms. The van der Waals surface area contributed by atoms with Crippen molar-refractivity contribution < 1.29 is 44.4 Å². The summed E-state index contributed by atoms with van der Waals surface area (Å²) in [6.07, 6.45) is 1.04. The Balaban J connectivity index is 2.82. The predicted molar refractivity (Wildman–Crippen MR) is 126 cm³/mol. The van der Waals surface area contributed by atoms with Gasteiger partial charge in [0, 0.05) is 0 Å². The van der Waals surface area contributed by atoms with E-state index in [9.17, 15) is 34.2 Å². The summed E-state index contributed by atoms with van der Waals surface area (Å²) in [5.74, 6) is -5.14. The molecule has 4 atom stereocenters. The van der Waals surface area contributed by atoms with Crippen LogP contribution in [0.3, 0.4) is 0 Å². The predicted octanol–water partition coefficient (Wildman–Crippen LogP) is -1.98. The van der Waals surface area contributed by atoms with Gasteiger partial charge in [0.25, 0.3) is 0 Å². The maximum atomic E-state index is 12.7. The number of aliphatic carboxylic acids is 2. The Labute approximate surface area is 205 Å². The summed E-state index contributed by atoms with van der Waals surface area (Å²) in [4.78, 5) is 59.7. The molecule has 13 nitrogen and oxygen atoms in total. The van der Waals surface area contributed by atoms with E-state index >= 15 is 0 Å². The summed E-state index contributed by atoms with van der Waals surface area (Å²) in [6, 6.07) is 0.508. The summed E-state index contributed by atoms with van der Waals surface area (Å²) in [5.41, 5.74) is 6.52. The number of carboxylic acid groups (broad SMARTS) is 2. The quantitative estimate of drug-likeness (QED) is 0.128. The Bertz CT molecular complexity index is 897. The highest BCUT2D eigenvalue weighted by atomic mass is 32.2. The summed E-state index contributed by atoms with van der Waals surface area (Å²) >= 11 is 1.35. The molecule has 0 aliphatic heterocycles. The molecular formula is C21H30N4O9S. The van der Waals surface area contributed by atoms with Gasteiger partial charge in [0.1, 0.15) is 23.9 Å². The molecule has 1 aromatic carbocycles. The lowest BCUT2D eigenvalue weighted by atomic mass is 10.1. The van der Waals surface area contributed by atoms with Gasteiger partial charge in [-0.05, 0) is 42.5 Å². The first kappa shape index (κ1) is 29.7. The number of amides is 3. The van der Waals surface area contributed by atoms with Crippen LogP contribution in [0.15, 0.2) is 24.3 Å². The number of phenols is 1. The second-order valence-electron chi connectivity index (χ2n) is 7.56. The Kier molecular flexibility index (Phi) is 12.6. The standard InChI is InChI=1S/C21H30N4O9S/c1-35-7-6-14(19(31)24-15(21(33)34)9-17(28)29)23-20(32)16(10-26)25-18(30)13(22)8-11-2-4-12(27)5-3-11/h2-5,13-16,26-27H,6-10,22H2,1H3,(H,23,32)(H,24,31)(H,25,30)(H,28,29)(H,33,34). The van der Waals surface area contributed by atoms with Gasteiger partial charge in [-0.15, -0.1) is 0 Å². The van der Waals surface area contributed by atoms with Crippen LogP contribution < -0.4 is 21.7 Å².